The van der Waals surface area contributed by atoms with Gasteiger partial charge < -0.3 is 35.7 Å². The van der Waals surface area contributed by atoms with Crippen LogP contribution in [0.2, 0.25) is 0 Å². The smallest absolute Gasteiger partial charge is 0.400 e. The van der Waals surface area contributed by atoms with E-state index in [1.54, 1.807) is 0 Å². The zero-order chi connectivity index (χ0) is 9.15. The summed E-state index contributed by atoms with van der Waals surface area (Å²) in [5.41, 5.74) is 0. The molecule has 0 atom stereocenters. The maximum Gasteiger partial charge on any atom is 2.00 e. The third kappa shape index (κ3) is 335. The van der Waals surface area contributed by atoms with Gasteiger partial charge in [0.15, 0.2) is 0 Å². The van der Waals surface area contributed by atoms with Crippen LogP contribution in [0.3, 0.4) is 0 Å². The second-order valence-electron chi connectivity index (χ2n) is 0.447. The van der Waals surface area contributed by atoms with Gasteiger partial charge in [-0.1, -0.05) is 0 Å². The van der Waals surface area contributed by atoms with Gasteiger partial charge in [-0.25, -0.2) is 0 Å². The molecule has 68 valence electrons. The van der Waals surface area contributed by atoms with Crippen LogP contribution < -0.4 is 0 Å². The minimum atomic E-state index is -1.75. The van der Waals surface area contributed by atoms with Gasteiger partial charge in [0.25, 0.3) is 0 Å². The summed E-state index contributed by atoms with van der Waals surface area (Å²) >= 11 is 0. The fourth-order valence-electron chi connectivity index (χ4n) is 0. The molecule has 1 N–H and O–H groups in total. The molecule has 0 aromatic heterocycles. The molecule has 9 nitrogen and oxygen atoms in total. The maximum absolute atomic E-state index is 8.25. The molecule has 0 saturated heterocycles. The Morgan fingerprint density at radius 1 is 0.909 bits per heavy atom. The zero-order valence-corrected chi connectivity index (χ0v) is 6.25. The van der Waals surface area contributed by atoms with Crippen molar-refractivity contribution in [2.45, 2.75) is 0 Å². The van der Waals surface area contributed by atoms with Crippen molar-refractivity contribution in [2.24, 2.45) is 0 Å². The van der Waals surface area contributed by atoms with Gasteiger partial charge >= 0.3 is 17.1 Å². The summed E-state index contributed by atoms with van der Waals surface area (Å²) in [5, 5.41) is 36.5. The molecule has 0 unspecified atom stereocenters. The van der Waals surface area contributed by atoms with Gasteiger partial charge in [-0.05, 0) is 0 Å². The van der Waals surface area contributed by atoms with Crippen LogP contribution in [-0.4, -0.2) is 22.4 Å². The summed E-state index contributed by atoms with van der Waals surface area (Å²) in [6.07, 6.45) is 0. The average molecular weight is 212 g/mol. The molecule has 0 fully saturated rings. The van der Waals surface area contributed by atoms with Crippen molar-refractivity contribution >= 4 is 0 Å². The molecule has 0 aromatic rings. The van der Waals surface area contributed by atoms with E-state index in [0.717, 1.165) is 7.11 Å². The minimum absolute atomic E-state index is 0. The first-order valence-electron chi connectivity index (χ1n) is 1.54. The van der Waals surface area contributed by atoms with Crippen LogP contribution in [0.4, 0.5) is 0 Å². The van der Waals surface area contributed by atoms with Crippen LogP contribution in [0.5, 0.6) is 0 Å². The standard InChI is InChI=1S/CH4O.Fe.2NO3/c1-2;;2*2-1(3)4/h2H,1H3;;;/q;+2;2*-1. The molecule has 0 spiro atoms. The molecular weight excluding hydrogens is 208 g/mol. The van der Waals surface area contributed by atoms with Gasteiger partial charge in [-0.2, -0.15) is 0 Å². The summed E-state index contributed by atoms with van der Waals surface area (Å²) in [7, 11) is 1.00. The predicted octanol–water partition coefficient (Wildman–Crippen LogP) is -0.872. The van der Waals surface area contributed by atoms with Gasteiger partial charge in [0.2, 0.25) is 0 Å². The first-order chi connectivity index (χ1) is 4.46. The molecule has 10 heteroatoms. The number of aliphatic hydroxyl groups excluding tert-OH is 1. The van der Waals surface area contributed by atoms with Gasteiger partial charge in [0, 0.05) is 7.11 Å². The first-order valence-corrected chi connectivity index (χ1v) is 1.54. The fraction of sp³-hybridized carbons (Fsp3) is 1.00. The summed E-state index contributed by atoms with van der Waals surface area (Å²) in [6, 6.07) is 0. The van der Waals surface area contributed by atoms with Crippen molar-refractivity contribution in [3.8, 4) is 0 Å². The predicted molar refractivity (Wildman–Crippen MR) is 28.9 cm³/mol. The number of aliphatic hydroxyl groups is 1. The Balaban J connectivity index is -0.0000000339. The molecule has 0 aliphatic rings. The second kappa shape index (κ2) is 23.2. The van der Waals surface area contributed by atoms with Crippen LogP contribution >= 0.6 is 0 Å². The Morgan fingerprint density at radius 3 is 0.909 bits per heavy atom. The van der Waals surface area contributed by atoms with Crippen molar-refractivity contribution < 1.29 is 32.3 Å². The Bertz CT molecular complexity index is 74.4. The quantitative estimate of drug-likeness (QED) is 0.310. The van der Waals surface area contributed by atoms with Gasteiger partial charge in [0.1, 0.15) is 0 Å². The van der Waals surface area contributed by atoms with Gasteiger partial charge in [0.05, 0.1) is 10.2 Å². The van der Waals surface area contributed by atoms with Crippen LogP contribution in [0.1, 0.15) is 0 Å². The van der Waals surface area contributed by atoms with Crippen molar-refractivity contribution in [1.29, 1.82) is 0 Å². The molecule has 0 heterocycles. The van der Waals surface area contributed by atoms with Crippen LogP contribution in [0.25, 0.3) is 0 Å². The van der Waals surface area contributed by atoms with Crippen molar-refractivity contribution in [2.75, 3.05) is 7.11 Å². The Labute approximate surface area is 70.9 Å². The Kier molecular flexibility index (Phi) is 47.4. The summed E-state index contributed by atoms with van der Waals surface area (Å²) in [4.78, 5) is 16.5. The fourth-order valence-corrected chi connectivity index (χ4v) is 0. The molecule has 0 aromatic carbocycles. The number of nitrogens with zero attached hydrogens (tertiary/aromatic N) is 2. The van der Waals surface area contributed by atoms with E-state index < -0.39 is 10.2 Å². The number of rotatable bonds is 0. The zero-order valence-electron chi connectivity index (χ0n) is 5.14. The normalized spacial score (nSPS) is 4.91. The van der Waals surface area contributed by atoms with E-state index in [0.29, 0.717) is 0 Å². The SMILES string of the molecule is CO.O=[N+]([O-])[O-].O=[N+]([O-])[O-].[Fe+2]. The second-order valence-corrected chi connectivity index (χ2v) is 0.447. The molecule has 0 bridgehead atoms. The van der Waals surface area contributed by atoms with Crippen LogP contribution in [0, 0.1) is 30.6 Å². The van der Waals surface area contributed by atoms with E-state index >= 15 is 0 Å². The third-order valence-electron chi connectivity index (χ3n) is 0. The minimum Gasteiger partial charge on any atom is -0.400 e. The van der Waals surface area contributed by atoms with E-state index in [1.165, 1.54) is 0 Å². The molecular formula is CH4FeN2O7. The van der Waals surface area contributed by atoms with E-state index in [4.69, 9.17) is 35.7 Å². The topological polar surface area (TPSA) is 153 Å². The van der Waals surface area contributed by atoms with Crippen molar-refractivity contribution in [3.63, 3.8) is 0 Å². The largest absolute Gasteiger partial charge is 2.00 e. The van der Waals surface area contributed by atoms with Gasteiger partial charge in [-0.15, -0.1) is 0 Å². The van der Waals surface area contributed by atoms with Gasteiger partial charge in [-0.3, -0.25) is 0 Å². The molecule has 0 aliphatic carbocycles. The molecule has 0 saturated carbocycles. The van der Waals surface area contributed by atoms with E-state index in [-0.39, 0.29) is 17.1 Å². The molecule has 11 heavy (non-hydrogen) atoms. The molecule has 0 radical (unpaired) electrons. The molecule has 0 aliphatic heterocycles. The first kappa shape index (κ1) is 22.5. The van der Waals surface area contributed by atoms with Crippen molar-refractivity contribution in [3.05, 3.63) is 30.6 Å². The Morgan fingerprint density at radius 2 is 0.909 bits per heavy atom. The number of hydrogen-bond acceptors (Lipinski definition) is 7. The van der Waals surface area contributed by atoms with E-state index in [2.05, 4.69) is 0 Å². The monoisotopic (exact) mass is 212 g/mol. The van der Waals surface area contributed by atoms with E-state index in [1.807, 2.05) is 0 Å². The third-order valence-corrected chi connectivity index (χ3v) is 0. The summed E-state index contributed by atoms with van der Waals surface area (Å²) < 4.78 is 0. The summed E-state index contributed by atoms with van der Waals surface area (Å²) in [5.74, 6) is 0. The molecule has 0 rings (SSSR count). The summed E-state index contributed by atoms with van der Waals surface area (Å²) in [6.45, 7) is 0. The Hall–Kier alpha value is -1.12. The van der Waals surface area contributed by atoms with E-state index in [9.17, 15) is 0 Å². The number of hydrogen-bond donors (Lipinski definition) is 1. The average Bonchev–Trinajstić information content (AvgIpc) is 1.66. The van der Waals surface area contributed by atoms with Crippen LogP contribution in [-0.2, 0) is 17.1 Å². The van der Waals surface area contributed by atoms with Crippen molar-refractivity contribution in [1.82, 2.24) is 0 Å². The van der Waals surface area contributed by atoms with Crippen LogP contribution in [0.15, 0.2) is 0 Å². The maximum atomic E-state index is 8.25. The molecule has 0 amide bonds.